The maximum atomic E-state index is 6.53. The predicted molar refractivity (Wildman–Crippen MR) is 129 cm³/mol. The molecule has 1 saturated heterocycles. The lowest BCUT2D eigenvalue weighted by Gasteiger charge is -2.38. The lowest BCUT2D eigenvalue weighted by atomic mass is 9.74. The molecular weight excluding hydrogens is 507 g/mol. The number of hydrogen-bond donors (Lipinski definition) is 2. The second-order valence-corrected chi connectivity index (χ2v) is 8.57. The first kappa shape index (κ1) is 23.4. The minimum absolute atomic E-state index is 0. The first-order valence-electron chi connectivity index (χ1n) is 9.31. The van der Waals surface area contributed by atoms with Gasteiger partial charge in [0, 0.05) is 61.3 Å². The van der Waals surface area contributed by atoms with Gasteiger partial charge in [-0.3, -0.25) is 4.99 Å². The summed E-state index contributed by atoms with van der Waals surface area (Å²) in [7, 11) is 1.80. The second-order valence-electron chi connectivity index (χ2n) is 6.84. The summed E-state index contributed by atoms with van der Waals surface area (Å²) >= 11 is 8.27. The van der Waals surface area contributed by atoms with Crippen LogP contribution in [0.25, 0.3) is 0 Å². The van der Waals surface area contributed by atoms with Gasteiger partial charge in [0.15, 0.2) is 5.96 Å². The van der Waals surface area contributed by atoms with Gasteiger partial charge in [0.1, 0.15) is 0 Å². The summed E-state index contributed by atoms with van der Waals surface area (Å²) in [4.78, 5) is 10.0. The van der Waals surface area contributed by atoms with Gasteiger partial charge in [-0.15, -0.1) is 35.3 Å². The van der Waals surface area contributed by atoms with Crippen molar-refractivity contribution in [2.75, 3.05) is 33.4 Å². The van der Waals surface area contributed by atoms with Gasteiger partial charge in [-0.25, -0.2) is 4.98 Å². The van der Waals surface area contributed by atoms with E-state index >= 15 is 0 Å². The molecule has 1 aromatic carbocycles. The third-order valence-corrected chi connectivity index (χ3v) is 6.32. The van der Waals surface area contributed by atoms with Crippen LogP contribution in [0.4, 0.5) is 0 Å². The standard InChI is InChI=1S/C20H27ClN4OS.HI/c1-15-13-24-18(27-15)7-10-23-19(22-2)25-14-20(8-11-26-12-9-20)16-5-3-4-6-17(16)21;/h3-6,13H,7-12,14H2,1-2H3,(H2,22,23,25);1H. The van der Waals surface area contributed by atoms with Crippen molar-refractivity contribution in [3.05, 3.63) is 50.9 Å². The number of aliphatic imine (C=N–C) groups is 1. The molecule has 1 aromatic heterocycles. The second kappa shape index (κ2) is 11.3. The smallest absolute Gasteiger partial charge is 0.191 e. The maximum absolute atomic E-state index is 6.53. The number of halogens is 2. The van der Waals surface area contributed by atoms with Crippen molar-refractivity contribution >= 4 is 52.9 Å². The van der Waals surface area contributed by atoms with Gasteiger partial charge in [0.2, 0.25) is 0 Å². The molecule has 0 bridgehead atoms. The third-order valence-electron chi connectivity index (χ3n) is 5.01. The van der Waals surface area contributed by atoms with E-state index < -0.39 is 0 Å². The molecule has 5 nitrogen and oxygen atoms in total. The molecule has 2 heterocycles. The highest BCUT2D eigenvalue weighted by molar-refractivity contribution is 14.0. The molecule has 0 saturated carbocycles. The molecule has 1 fully saturated rings. The molecule has 0 amide bonds. The first-order valence-corrected chi connectivity index (χ1v) is 10.5. The average Bonchev–Trinajstić information content (AvgIpc) is 3.10. The van der Waals surface area contributed by atoms with Gasteiger partial charge in [-0.2, -0.15) is 0 Å². The number of rotatable bonds is 6. The molecule has 3 rings (SSSR count). The van der Waals surface area contributed by atoms with E-state index in [0.29, 0.717) is 0 Å². The lowest BCUT2D eigenvalue weighted by Crippen LogP contribution is -2.48. The molecule has 0 unspecified atom stereocenters. The number of aryl methyl sites for hydroxylation is 1. The highest BCUT2D eigenvalue weighted by atomic mass is 127. The van der Waals surface area contributed by atoms with E-state index in [1.165, 1.54) is 10.4 Å². The Hall–Kier alpha value is -0.900. The van der Waals surface area contributed by atoms with E-state index in [1.807, 2.05) is 18.3 Å². The van der Waals surface area contributed by atoms with Crippen LogP contribution in [0.1, 0.15) is 28.3 Å². The average molecular weight is 535 g/mol. The summed E-state index contributed by atoms with van der Waals surface area (Å²) in [5.74, 6) is 0.807. The third kappa shape index (κ3) is 6.05. The fourth-order valence-electron chi connectivity index (χ4n) is 3.47. The van der Waals surface area contributed by atoms with Crippen LogP contribution in [0.5, 0.6) is 0 Å². The number of aromatic nitrogens is 1. The molecule has 154 valence electrons. The fraction of sp³-hybridized carbons (Fsp3) is 0.500. The number of guanidine groups is 1. The Balaban J connectivity index is 0.00000280. The number of nitrogens with zero attached hydrogens (tertiary/aromatic N) is 2. The van der Waals surface area contributed by atoms with Crippen LogP contribution < -0.4 is 10.6 Å². The Morgan fingerprint density at radius 1 is 1.29 bits per heavy atom. The molecule has 1 aliphatic rings. The quantitative estimate of drug-likeness (QED) is 0.332. The summed E-state index contributed by atoms with van der Waals surface area (Å²) in [5.41, 5.74) is 1.15. The van der Waals surface area contributed by atoms with E-state index in [0.717, 1.165) is 61.6 Å². The van der Waals surface area contributed by atoms with Crippen molar-refractivity contribution in [2.24, 2.45) is 4.99 Å². The zero-order valence-corrected chi connectivity index (χ0v) is 20.2. The lowest BCUT2D eigenvalue weighted by molar-refractivity contribution is 0.0514. The number of benzene rings is 1. The fourth-order valence-corrected chi connectivity index (χ4v) is 4.60. The molecule has 2 N–H and O–H groups in total. The minimum atomic E-state index is -0.0410. The summed E-state index contributed by atoms with van der Waals surface area (Å²) in [6.07, 6.45) is 4.70. The highest BCUT2D eigenvalue weighted by Crippen LogP contribution is 2.38. The van der Waals surface area contributed by atoms with E-state index in [2.05, 4.69) is 39.7 Å². The predicted octanol–water partition coefficient (Wildman–Crippen LogP) is 4.18. The molecule has 8 heteroatoms. The summed E-state index contributed by atoms with van der Waals surface area (Å²) in [6, 6.07) is 8.14. The SMILES string of the molecule is CN=C(NCCc1ncc(C)s1)NCC1(c2ccccc2Cl)CCOCC1.I. The van der Waals surface area contributed by atoms with E-state index in [4.69, 9.17) is 16.3 Å². The monoisotopic (exact) mass is 534 g/mol. The summed E-state index contributed by atoms with van der Waals surface area (Å²) in [6.45, 7) is 5.16. The molecule has 0 aliphatic carbocycles. The van der Waals surface area contributed by atoms with Crippen LogP contribution >= 0.6 is 46.9 Å². The normalized spacial score (nSPS) is 16.3. The van der Waals surface area contributed by atoms with E-state index in [-0.39, 0.29) is 29.4 Å². The maximum Gasteiger partial charge on any atom is 0.191 e. The highest BCUT2D eigenvalue weighted by Gasteiger charge is 2.36. The number of hydrogen-bond acceptors (Lipinski definition) is 4. The van der Waals surface area contributed by atoms with Crippen LogP contribution in [0.2, 0.25) is 5.02 Å². The molecule has 1 aliphatic heterocycles. The van der Waals surface area contributed by atoms with Gasteiger partial charge in [-0.1, -0.05) is 29.8 Å². The number of thiazole rings is 1. The van der Waals surface area contributed by atoms with E-state index in [1.54, 1.807) is 18.4 Å². The zero-order chi connectivity index (χ0) is 19.1. The molecule has 0 atom stereocenters. The van der Waals surface area contributed by atoms with Crippen LogP contribution in [-0.4, -0.2) is 44.3 Å². The molecule has 0 spiro atoms. The van der Waals surface area contributed by atoms with Gasteiger partial charge in [-0.05, 0) is 31.4 Å². The van der Waals surface area contributed by atoms with Gasteiger partial charge >= 0.3 is 0 Å². The van der Waals surface area contributed by atoms with Crippen LogP contribution in [0, 0.1) is 6.92 Å². The minimum Gasteiger partial charge on any atom is -0.381 e. The van der Waals surface area contributed by atoms with E-state index in [9.17, 15) is 0 Å². The Morgan fingerprint density at radius 2 is 2.04 bits per heavy atom. The number of ether oxygens (including phenoxy) is 1. The van der Waals surface area contributed by atoms with Crippen molar-refractivity contribution in [2.45, 2.75) is 31.6 Å². The van der Waals surface area contributed by atoms with Crippen molar-refractivity contribution < 1.29 is 4.74 Å². The van der Waals surface area contributed by atoms with Crippen molar-refractivity contribution in [1.82, 2.24) is 15.6 Å². The van der Waals surface area contributed by atoms with Crippen molar-refractivity contribution in [1.29, 1.82) is 0 Å². The topological polar surface area (TPSA) is 58.5 Å². The Bertz CT molecular complexity index is 777. The van der Waals surface area contributed by atoms with Crippen molar-refractivity contribution in [3.8, 4) is 0 Å². The van der Waals surface area contributed by atoms with Gasteiger partial charge in [0.05, 0.1) is 5.01 Å². The molecular formula is C20H28ClIN4OS. The first-order chi connectivity index (χ1) is 13.1. The largest absolute Gasteiger partial charge is 0.381 e. The van der Waals surface area contributed by atoms with Crippen LogP contribution in [0.3, 0.4) is 0 Å². The Morgan fingerprint density at radius 3 is 2.68 bits per heavy atom. The summed E-state index contributed by atoms with van der Waals surface area (Å²) < 4.78 is 5.61. The van der Waals surface area contributed by atoms with Gasteiger partial charge < -0.3 is 15.4 Å². The summed E-state index contributed by atoms with van der Waals surface area (Å²) in [5, 5.41) is 8.86. The molecule has 2 aromatic rings. The molecule has 0 radical (unpaired) electrons. The van der Waals surface area contributed by atoms with Gasteiger partial charge in [0.25, 0.3) is 0 Å². The van der Waals surface area contributed by atoms with Crippen LogP contribution in [0.15, 0.2) is 35.5 Å². The Labute approximate surface area is 193 Å². The number of nitrogens with one attached hydrogen (secondary N) is 2. The van der Waals surface area contributed by atoms with Crippen LogP contribution in [-0.2, 0) is 16.6 Å². The Kier molecular flexibility index (Phi) is 9.46. The van der Waals surface area contributed by atoms with Crippen molar-refractivity contribution in [3.63, 3.8) is 0 Å². The molecule has 28 heavy (non-hydrogen) atoms. The zero-order valence-electron chi connectivity index (χ0n) is 16.3.